The number of para-hydroxylation sites is 1. The highest BCUT2D eigenvalue weighted by molar-refractivity contribution is 6.41. The van der Waals surface area contributed by atoms with Gasteiger partial charge in [0.05, 0.1) is 16.8 Å². The molecule has 0 aliphatic heterocycles. The summed E-state index contributed by atoms with van der Waals surface area (Å²) >= 11 is 6.00. The van der Waals surface area contributed by atoms with Gasteiger partial charge in [-0.2, -0.15) is 0 Å². The number of hydrogen-bond acceptors (Lipinski definition) is 2. The van der Waals surface area contributed by atoms with Crippen molar-refractivity contribution in [1.29, 1.82) is 0 Å². The Bertz CT molecular complexity index is 804. The lowest BCUT2D eigenvalue weighted by molar-refractivity contribution is -0.136. The van der Waals surface area contributed by atoms with E-state index in [4.69, 9.17) is 11.6 Å². The Morgan fingerprint density at radius 1 is 1.00 bits per heavy atom. The van der Waals surface area contributed by atoms with Crippen LogP contribution in [0.5, 0.6) is 0 Å². The molecule has 5 heteroatoms. The predicted molar refractivity (Wildman–Crippen MR) is 99.7 cm³/mol. The van der Waals surface area contributed by atoms with Gasteiger partial charge in [0.15, 0.2) is 0 Å². The van der Waals surface area contributed by atoms with Crippen molar-refractivity contribution in [3.8, 4) is 0 Å². The topological polar surface area (TPSA) is 58.2 Å². The van der Waals surface area contributed by atoms with Crippen LogP contribution in [0, 0.1) is 0 Å². The molecule has 0 bridgehead atoms. The van der Waals surface area contributed by atoms with Gasteiger partial charge in [0.1, 0.15) is 0 Å². The molecule has 0 spiro atoms. The van der Waals surface area contributed by atoms with Crippen molar-refractivity contribution in [2.24, 2.45) is 0 Å². The second-order valence-corrected chi connectivity index (χ2v) is 6.77. The van der Waals surface area contributed by atoms with Gasteiger partial charge in [0.2, 0.25) is 0 Å². The van der Waals surface area contributed by atoms with Gasteiger partial charge in [-0.1, -0.05) is 41.9 Å². The van der Waals surface area contributed by atoms with E-state index in [1.165, 1.54) is 24.0 Å². The minimum absolute atomic E-state index is 0.239. The molecule has 0 saturated heterocycles. The summed E-state index contributed by atoms with van der Waals surface area (Å²) in [5, 5.41) is 5.68. The number of fused-ring (bicyclic) bond motifs is 1. The lowest BCUT2D eigenvalue weighted by Gasteiger charge is -2.20. The number of carbonyl (C=O) groups excluding carboxylic acids is 2. The van der Waals surface area contributed by atoms with Crippen LogP contribution in [0.1, 0.15) is 42.5 Å². The molecule has 1 aliphatic rings. The van der Waals surface area contributed by atoms with Crippen molar-refractivity contribution in [2.45, 2.75) is 38.6 Å². The normalized spacial score (nSPS) is 14.3. The number of anilines is 1. The summed E-state index contributed by atoms with van der Waals surface area (Å²) in [6.07, 6.45) is 4.64. The van der Waals surface area contributed by atoms with Gasteiger partial charge in [0, 0.05) is 0 Å². The summed E-state index contributed by atoms with van der Waals surface area (Å²) in [7, 11) is 0. The lowest BCUT2D eigenvalue weighted by Crippen LogP contribution is -2.37. The maximum Gasteiger partial charge on any atom is 0.313 e. The second kappa shape index (κ2) is 7.70. The minimum atomic E-state index is -0.724. The molecule has 130 valence electrons. The van der Waals surface area contributed by atoms with E-state index in [0.29, 0.717) is 10.7 Å². The second-order valence-electron chi connectivity index (χ2n) is 6.36. The zero-order valence-electron chi connectivity index (χ0n) is 14.1. The number of amides is 2. The van der Waals surface area contributed by atoms with Crippen LogP contribution in [0.3, 0.4) is 0 Å². The molecule has 0 saturated carbocycles. The fraction of sp³-hybridized carbons (Fsp3) is 0.300. The van der Waals surface area contributed by atoms with Crippen LogP contribution in [0.15, 0.2) is 42.5 Å². The Morgan fingerprint density at radius 3 is 2.48 bits per heavy atom. The van der Waals surface area contributed by atoms with Crippen LogP contribution in [-0.4, -0.2) is 11.8 Å². The number of carbonyl (C=O) groups is 2. The van der Waals surface area contributed by atoms with E-state index in [9.17, 15) is 9.59 Å². The number of hydrogen-bond donors (Lipinski definition) is 2. The summed E-state index contributed by atoms with van der Waals surface area (Å²) in [5.74, 6) is -1.40. The third-order valence-electron chi connectivity index (χ3n) is 4.55. The summed E-state index contributed by atoms with van der Waals surface area (Å²) in [6, 6.07) is 12.9. The first-order valence-electron chi connectivity index (χ1n) is 8.52. The highest BCUT2D eigenvalue weighted by atomic mass is 35.5. The molecule has 1 unspecified atom stereocenters. The van der Waals surface area contributed by atoms with Gasteiger partial charge in [0.25, 0.3) is 0 Å². The molecule has 4 nitrogen and oxygen atoms in total. The molecule has 2 N–H and O–H groups in total. The number of halogens is 1. The van der Waals surface area contributed by atoms with Crippen LogP contribution in [0.25, 0.3) is 0 Å². The maximum atomic E-state index is 12.2. The Kier molecular flexibility index (Phi) is 5.39. The molecule has 2 amide bonds. The molecule has 1 aliphatic carbocycles. The summed E-state index contributed by atoms with van der Waals surface area (Å²) in [4.78, 5) is 24.2. The Balaban J connectivity index is 1.64. The minimum Gasteiger partial charge on any atom is -0.341 e. The van der Waals surface area contributed by atoms with E-state index in [0.717, 1.165) is 18.4 Å². The first kappa shape index (κ1) is 17.5. The van der Waals surface area contributed by atoms with E-state index in [1.807, 2.05) is 13.0 Å². The van der Waals surface area contributed by atoms with Crippen molar-refractivity contribution in [1.82, 2.24) is 5.32 Å². The first-order valence-corrected chi connectivity index (χ1v) is 8.90. The molecule has 0 radical (unpaired) electrons. The average Bonchev–Trinajstić information content (AvgIpc) is 2.63. The molecule has 0 aromatic heterocycles. The summed E-state index contributed by atoms with van der Waals surface area (Å²) in [6.45, 7) is 1.88. The smallest absolute Gasteiger partial charge is 0.313 e. The van der Waals surface area contributed by atoms with E-state index in [2.05, 4.69) is 22.8 Å². The zero-order valence-corrected chi connectivity index (χ0v) is 14.9. The number of benzene rings is 2. The van der Waals surface area contributed by atoms with Crippen molar-refractivity contribution in [3.63, 3.8) is 0 Å². The largest absolute Gasteiger partial charge is 0.341 e. The Labute approximate surface area is 152 Å². The lowest BCUT2D eigenvalue weighted by atomic mass is 9.89. The van der Waals surface area contributed by atoms with Gasteiger partial charge in [-0.3, -0.25) is 9.59 Å². The van der Waals surface area contributed by atoms with E-state index in [-0.39, 0.29) is 6.04 Å². The Morgan fingerprint density at radius 2 is 1.72 bits per heavy atom. The Hall–Kier alpha value is -2.33. The van der Waals surface area contributed by atoms with Gasteiger partial charge < -0.3 is 10.6 Å². The quantitative estimate of drug-likeness (QED) is 0.815. The third-order valence-corrected chi connectivity index (χ3v) is 4.88. The maximum absolute atomic E-state index is 12.2. The molecule has 0 heterocycles. The molecule has 0 fully saturated rings. The highest BCUT2D eigenvalue weighted by Gasteiger charge is 2.19. The van der Waals surface area contributed by atoms with Gasteiger partial charge in [-0.05, 0) is 61.4 Å². The SMILES string of the molecule is CC(NC(=O)C(=O)Nc1ccccc1Cl)c1ccc2c(c1)CCCC2. The van der Waals surface area contributed by atoms with E-state index in [1.54, 1.807) is 24.3 Å². The fourth-order valence-corrected chi connectivity index (χ4v) is 3.29. The monoisotopic (exact) mass is 356 g/mol. The average molecular weight is 357 g/mol. The first-order chi connectivity index (χ1) is 12.0. The van der Waals surface area contributed by atoms with Crippen LogP contribution < -0.4 is 10.6 Å². The molecule has 1 atom stereocenters. The molecule has 2 aromatic rings. The van der Waals surface area contributed by atoms with Crippen LogP contribution >= 0.6 is 11.6 Å². The van der Waals surface area contributed by atoms with Gasteiger partial charge in [-0.25, -0.2) is 0 Å². The molecular formula is C20H21ClN2O2. The highest BCUT2D eigenvalue weighted by Crippen LogP contribution is 2.25. The van der Waals surface area contributed by atoms with Gasteiger partial charge in [-0.15, -0.1) is 0 Å². The van der Waals surface area contributed by atoms with Crippen molar-refractivity contribution < 1.29 is 9.59 Å². The molecule has 25 heavy (non-hydrogen) atoms. The summed E-state index contributed by atoms with van der Waals surface area (Å²) in [5.41, 5.74) is 4.18. The summed E-state index contributed by atoms with van der Waals surface area (Å²) < 4.78 is 0. The van der Waals surface area contributed by atoms with Crippen LogP contribution in [0.2, 0.25) is 5.02 Å². The van der Waals surface area contributed by atoms with Crippen LogP contribution in [0.4, 0.5) is 5.69 Å². The van der Waals surface area contributed by atoms with Crippen molar-refractivity contribution in [2.75, 3.05) is 5.32 Å². The zero-order chi connectivity index (χ0) is 17.8. The van der Waals surface area contributed by atoms with Crippen LogP contribution in [-0.2, 0) is 22.4 Å². The van der Waals surface area contributed by atoms with E-state index < -0.39 is 11.8 Å². The standard InChI is InChI=1S/C20H21ClN2O2/c1-13(15-11-10-14-6-2-3-7-16(14)12-15)22-19(24)20(25)23-18-9-5-4-8-17(18)21/h4-5,8-13H,2-3,6-7H2,1H3,(H,22,24)(H,23,25). The van der Waals surface area contributed by atoms with Crippen molar-refractivity contribution >= 4 is 29.1 Å². The third kappa shape index (κ3) is 4.20. The predicted octanol–water partition coefficient (Wildman–Crippen LogP) is 4.03. The van der Waals surface area contributed by atoms with Gasteiger partial charge >= 0.3 is 11.8 Å². The van der Waals surface area contributed by atoms with Crippen molar-refractivity contribution in [3.05, 3.63) is 64.2 Å². The number of rotatable bonds is 3. The van der Waals surface area contributed by atoms with E-state index >= 15 is 0 Å². The molecule has 3 rings (SSSR count). The fourth-order valence-electron chi connectivity index (χ4n) is 3.11. The number of aryl methyl sites for hydroxylation is 2. The molecular weight excluding hydrogens is 336 g/mol. The number of nitrogens with one attached hydrogen (secondary N) is 2. The molecule has 2 aromatic carbocycles.